The molecule has 5 aromatic carbocycles. The molecule has 0 spiro atoms. The van der Waals surface area contributed by atoms with Crippen molar-refractivity contribution < 1.29 is 0 Å². The molecule has 192 valence electrons. The maximum absolute atomic E-state index is 8.00. The highest BCUT2D eigenvalue weighted by atomic mass is 15.3. The summed E-state index contributed by atoms with van der Waals surface area (Å²) in [5.41, 5.74) is 16.7. The summed E-state index contributed by atoms with van der Waals surface area (Å²) >= 11 is 0. The molecular formula is C34H31N5. The third-order valence-electron chi connectivity index (χ3n) is 6.43. The molecule has 0 unspecified atom stereocenters. The van der Waals surface area contributed by atoms with Gasteiger partial charge in [0.25, 0.3) is 0 Å². The highest BCUT2D eigenvalue weighted by Gasteiger charge is 2.31. The molecule has 0 amide bonds. The van der Waals surface area contributed by atoms with Gasteiger partial charge in [0.1, 0.15) is 5.70 Å². The van der Waals surface area contributed by atoms with Crippen molar-refractivity contribution in [1.82, 2.24) is 0 Å². The number of fused-ring (bicyclic) bond motifs is 2. The average molecular weight is 510 g/mol. The van der Waals surface area contributed by atoms with Crippen LogP contribution in [-0.4, -0.2) is 0 Å². The number of nitrogens with one attached hydrogen (secondary N) is 2. The van der Waals surface area contributed by atoms with Crippen molar-refractivity contribution >= 4 is 45.5 Å². The minimum absolute atomic E-state index is 0.542. The number of benzene rings is 5. The molecule has 5 heteroatoms. The summed E-state index contributed by atoms with van der Waals surface area (Å²) in [5, 5.41) is 7.20. The Bertz CT molecular complexity index is 1530. The van der Waals surface area contributed by atoms with E-state index in [0.29, 0.717) is 5.70 Å². The largest absolute Gasteiger partial charge is 0.360 e. The molecule has 1 aliphatic heterocycles. The maximum Gasteiger partial charge on any atom is 0.110 e. The predicted octanol–water partition coefficient (Wildman–Crippen LogP) is 10.4. The molecule has 0 radical (unpaired) electrons. The molecular weight excluding hydrogens is 478 g/mol. The van der Waals surface area contributed by atoms with E-state index in [2.05, 4.69) is 99.1 Å². The molecule has 0 saturated carbocycles. The molecule has 0 saturated heterocycles. The molecule has 5 nitrogen and oxygen atoms in total. The van der Waals surface area contributed by atoms with Crippen LogP contribution in [0.4, 0.5) is 39.8 Å². The zero-order valence-electron chi connectivity index (χ0n) is 22.1. The minimum atomic E-state index is 0.542. The first-order chi connectivity index (χ1) is 19.3. The second-order valence-corrected chi connectivity index (χ2v) is 8.65. The van der Waals surface area contributed by atoms with Crippen molar-refractivity contribution in [3.8, 4) is 0 Å². The zero-order valence-corrected chi connectivity index (χ0v) is 22.1. The summed E-state index contributed by atoms with van der Waals surface area (Å²) in [4.78, 5) is 4.56. The number of hydrogen-bond donors (Lipinski definition) is 2. The van der Waals surface area contributed by atoms with E-state index in [9.17, 15) is 0 Å². The summed E-state index contributed by atoms with van der Waals surface area (Å²) in [6.45, 7) is 4.00. The van der Waals surface area contributed by atoms with Gasteiger partial charge in [-0.25, -0.2) is 5.53 Å². The van der Waals surface area contributed by atoms with E-state index in [-0.39, 0.29) is 0 Å². The molecule has 2 N–H and O–H groups in total. The van der Waals surface area contributed by atoms with Crippen LogP contribution < -0.4 is 15.1 Å². The summed E-state index contributed by atoms with van der Waals surface area (Å²) in [6.07, 6.45) is 1.79. The van der Waals surface area contributed by atoms with Crippen LogP contribution in [0, 0.1) is 5.53 Å². The van der Waals surface area contributed by atoms with Crippen LogP contribution in [0.15, 0.2) is 145 Å². The van der Waals surface area contributed by atoms with Crippen LogP contribution in [0.5, 0.6) is 0 Å². The van der Waals surface area contributed by atoms with Crippen molar-refractivity contribution in [3.05, 3.63) is 145 Å². The lowest BCUT2D eigenvalue weighted by atomic mass is 10.0. The lowest BCUT2D eigenvalue weighted by Gasteiger charge is -2.40. The van der Waals surface area contributed by atoms with Gasteiger partial charge in [-0.1, -0.05) is 92.7 Å². The van der Waals surface area contributed by atoms with Crippen LogP contribution >= 0.6 is 0 Å². The molecule has 6 rings (SSSR count). The van der Waals surface area contributed by atoms with Crippen LogP contribution in [0.2, 0.25) is 0 Å². The number of hydrogen-bond acceptors (Lipinski definition) is 5. The lowest BCUT2D eigenvalue weighted by Crippen LogP contribution is -2.24. The van der Waals surface area contributed by atoms with Gasteiger partial charge in [-0.3, -0.25) is 0 Å². The van der Waals surface area contributed by atoms with Gasteiger partial charge < -0.3 is 15.1 Å². The van der Waals surface area contributed by atoms with Gasteiger partial charge in [0, 0.05) is 23.1 Å². The first-order valence-corrected chi connectivity index (χ1v) is 13.2. The monoisotopic (exact) mass is 509 g/mol. The van der Waals surface area contributed by atoms with Crippen molar-refractivity contribution in [2.45, 2.75) is 13.8 Å². The van der Waals surface area contributed by atoms with E-state index < -0.39 is 0 Å². The summed E-state index contributed by atoms with van der Waals surface area (Å²) < 4.78 is 0. The standard InChI is InChI=1S/C32H25N5.C2H6/c33-35-27(23-34-24-13-3-1-4-14-24)26-17-7-8-18-28(26)37-31-21-11-9-19-29(31)36(25-15-5-2-6-16-25)30-20-10-12-22-32(30)37;1-2/h1-23,33-34H;1-2H3/b27-23-,35-33?;. The lowest BCUT2D eigenvalue weighted by molar-refractivity contribution is 1.14. The molecule has 5 aromatic rings. The fraction of sp³-hybridized carbons (Fsp3) is 0.0588. The molecule has 39 heavy (non-hydrogen) atoms. The second kappa shape index (κ2) is 11.9. The van der Waals surface area contributed by atoms with Gasteiger partial charge >= 0.3 is 0 Å². The first-order valence-electron chi connectivity index (χ1n) is 13.2. The summed E-state index contributed by atoms with van der Waals surface area (Å²) in [5.74, 6) is 0. The fourth-order valence-corrected chi connectivity index (χ4v) is 4.80. The molecule has 0 atom stereocenters. The molecule has 0 fully saturated rings. The molecule has 0 aromatic heterocycles. The van der Waals surface area contributed by atoms with E-state index in [1.165, 1.54) is 0 Å². The van der Waals surface area contributed by atoms with Crippen LogP contribution in [0.25, 0.3) is 5.70 Å². The van der Waals surface area contributed by atoms with Crippen molar-refractivity contribution in [1.29, 1.82) is 5.53 Å². The smallest absolute Gasteiger partial charge is 0.110 e. The number of anilines is 7. The van der Waals surface area contributed by atoms with Crippen LogP contribution in [-0.2, 0) is 0 Å². The van der Waals surface area contributed by atoms with Crippen LogP contribution in [0.1, 0.15) is 19.4 Å². The van der Waals surface area contributed by atoms with Gasteiger partial charge in [0.2, 0.25) is 0 Å². The van der Waals surface area contributed by atoms with Gasteiger partial charge in [-0.2, -0.15) is 5.11 Å². The number of nitrogens with zero attached hydrogens (tertiary/aromatic N) is 3. The Kier molecular flexibility index (Phi) is 7.79. The van der Waals surface area contributed by atoms with Gasteiger partial charge in [-0.05, 0) is 54.6 Å². The van der Waals surface area contributed by atoms with Crippen LogP contribution in [0.3, 0.4) is 0 Å². The molecule has 0 bridgehead atoms. The van der Waals surface area contributed by atoms with E-state index in [4.69, 9.17) is 5.53 Å². The Hall–Kier alpha value is -5.16. The Morgan fingerprint density at radius 2 is 1.00 bits per heavy atom. The Morgan fingerprint density at radius 1 is 0.564 bits per heavy atom. The predicted molar refractivity (Wildman–Crippen MR) is 164 cm³/mol. The number of para-hydroxylation sites is 7. The molecule has 1 heterocycles. The topological polar surface area (TPSA) is 54.7 Å². The van der Waals surface area contributed by atoms with Gasteiger partial charge in [0.05, 0.1) is 28.4 Å². The van der Waals surface area contributed by atoms with E-state index in [0.717, 1.165) is 45.4 Å². The Labute approximate surface area is 230 Å². The summed E-state index contributed by atoms with van der Waals surface area (Å²) in [6, 6.07) is 45.3. The normalized spacial score (nSPS) is 12.0. The SMILES string of the molecule is CC.N=N/C(=C\Nc1ccccc1)c1ccccc1N1c2ccccc2N(c2ccccc2)c2ccccc21. The van der Waals surface area contributed by atoms with Crippen molar-refractivity contribution in [2.24, 2.45) is 5.11 Å². The van der Waals surface area contributed by atoms with Crippen molar-refractivity contribution in [2.75, 3.05) is 15.1 Å². The van der Waals surface area contributed by atoms with Gasteiger partial charge in [-0.15, -0.1) is 0 Å². The molecule has 0 aliphatic carbocycles. The first kappa shape index (κ1) is 25.5. The maximum atomic E-state index is 8.00. The summed E-state index contributed by atoms with van der Waals surface area (Å²) in [7, 11) is 0. The van der Waals surface area contributed by atoms with E-state index in [1.807, 2.05) is 68.4 Å². The average Bonchev–Trinajstić information content (AvgIpc) is 3.02. The third kappa shape index (κ3) is 5.03. The fourth-order valence-electron chi connectivity index (χ4n) is 4.80. The van der Waals surface area contributed by atoms with E-state index >= 15 is 0 Å². The third-order valence-corrected chi connectivity index (χ3v) is 6.43. The quantitative estimate of drug-likeness (QED) is 0.220. The van der Waals surface area contributed by atoms with E-state index in [1.54, 1.807) is 6.20 Å². The molecule has 1 aliphatic rings. The minimum Gasteiger partial charge on any atom is -0.360 e. The highest BCUT2D eigenvalue weighted by molar-refractivity contribution is 6.02. The Morgan fingerprint density at radius 3 is 1.54 bits per heavy atom. The highest BCUT2D eigenvalue weighted by Crippen LogP contribution is 2.54. The Balaban J connectivity index is 0.00000151. The van der Waals surface area contributed by atoms with Gasteiger partial charge in [0.15, 0.2) is 0 Å². The second-order valence-electron chi connectivity index (χ2n) is 8.65. The van der Waals surface area contributed by atoms with Crippen molar-refractivity contribution in [3.63, 3.8) is 0 Å². The number of rotatable bonds is 6. The zero-order chi connectivity index (χ0) is 27.0.